The Morgan fingerprint density at radius 2 is 2.17 bits per heavy atom. The van der Waals surface area contributed by atoms with Crippen LogP contribution < -0.4 is 10.1 Å². The molecule has 0 atom stereocenters. The quantitative estimate of drug-likeness (QED) is 0.890. The van der Waals surface area contributed by atoms with Crippen molar-refractivity contribution >= 4 is 17.0 Å². The Kier molecular flexibility index (Phi) is 4.20. The van der Waals surface area contributed by atoms with Crippen LogP contribution in [-0.4, -0.2) is 11.6 Å². The maximum absolute atomic E-state index is 5.63. The number of anilines is 1. The lowest BCUT2D eigenvalue weighted by Gasteiger charge is -2.12. The SMILES string of the molecule is CCOc1cc(C)ccc1NCc1nc(C)cs1. The molecule has 0 fully saturated rings. The summed E-state index contributed by atoms with van der Waals surface area (Å²) in [7, 11) is 0. The normalized spacial score (nSPS) is 10.4. The molecule has 0 saturated heterocycles. The van der Waals surface area contributed by atoms with Crippen LogP contribution in [0.4, 0.5) is 5.69 Å². The van der Waals surface area contributed by atoms with Crippen LogP contribution in [0.25, 0.3) is 0 Å². The monoisotopic (exact) mass is 262 g/mol. The summed E-state index contributed by atoms with van der Waals surface area (Å²) >= 11 is 1.68. The molecular weight excluding hydrogens is 244 g/mol. The third kappa shape index (κ3) is 3.23. The van der Waals surface area contributed by atoms with E-state index in [2.05, 4.69) is 40.8 Å². The molecule has 0 bridgehead atoms. The summed E-state index contributed by atoms with van der Waals surface area (Å²) in [5, 5.41) is 6.54. The largest absolute Gasteiger partial charge is 0.492 e. The van der Waals surface area contributed by atoms with E-state index in [-0.39, 0.29) is 0 Å². The van der Waals surface area contributed by atoms with E-state index in [4.69, 9.17) is 4.74 Å². The number of hydrogen-bond donors (Lipinski definition) is 1. The second kappa shape index (κ2) is 5.87. The van der Waals surface area contributed by atoms with E-state index in [0.29, 0.717) is 6.61 Å². The van der Waals surface area contributed by atoms with E-state index >= 15 is 0 Å². The summed E-state index contributed by atoms with van der Waals surface area (Å²) in [5.41, 5.74) is 3.30. The van der Waals surface area contributed by atoms with Gasteiger partial charge in [0.25, 0.3) is 0 Å². The average Bonchev–Trinajstić information content (AvgIpc) is 2.75. The summed E-state index contributed by atoms with van der Waals surface area (Å²) in [6.45, 7) is 7.49. The number of aryl methyl sites for hydroxylation is 2. The molecule has 0 aliphatic carbocycles. The molecule has 2 rings (SSSR count). The zero-order chi connectivity index (χ0) is 13.0. The van der Waals surface area contributed by atoms with Gasteiger partial charge in [0, 0.05) is 11.1 Å². The van der Waals surface area contributed by atoms with Crippen molar-refractivity contribution in [3.63, 3.8) is 0 Å². The third-order valence-corrected chi connectivity index (χ3v) is 3.50. The highest BCUT2D eigenvalue weighted by Crippen LogP contribution is 2.26. The predicted octanol–water partition coefficient (Wildman–Crippen LogP) is 3.77. The highest BCUT2D eigenvalue weighted by Gasteiger charge is 2.05. The molecule has 2 aromatic rings. The van der Waals surface area contributed by atoms with Gasteiger partial charge in [0.15, 0.2) is 0 Å². The lowest BCUT2D eigenvalue weighted by atomic mass is 10.2. The first kappa shape index (κ1) is 12.9. The van der Waals surface area contributed by atoms with Crippen LogP contribution in [0, 0.1) is 13.8 Å². The molecule has 4 heteroatoms. The second-order valence-corrected chi connectivity index (χ2v) is 5.11. The van der Waals surface area contributed by atoms with Crippen molar-refractivity contribution in [2.45, 2.75) is 27.3 Å². The van der Waals surface area contributed by atoms with E-state index in [1.54, 1.807) is 11.3 Å². The highest BCUT2D eigenvalue weighted by atomic mass is 32.1. The van der Waals surface area contributed by atoms with Crippen molar-refractivity contribution in [3.8, 4) is 5.75 Å². The first-order valence-corrected chi connectivity index (χ1v) is 6.95. The lowest BCUT2D eigenvalue weighted by Crippen LogP contribution is -2.02. The molecule has 1 aromatic heterocycles. The minimum Gasteiger partial charge on any atom is -0.492 e. The van der Waals surface area contributed by atoms with Crippen molar-refractivity contribution in [1.29, 1.82) is 0 Å². The van der Waals surface area contributed by atoms with E-state index in [9.17, 15) is 0 Å². The number of thiazole rings is 1. The van der Waals surface area contributed by atoms with Gasteiger partial charge in [-0.1, -0.05) is 6.07 Å². The predicted molar refractivity (Wildman–Crippen MR) is 76.5 cm³/mol. The summed E-state index contributed by atoms with van der Waals surface area (Å²) in [6.07, 6.45) is 0. The van der Waals surface area contributed by atoms with Crippen LogP contribution in [-0.2, 0) is 6.54 Å². The van der Waals surface area contributed by atoms with Crippen LogP contribution in [0.1, 0.15) is 23.2 Å². The average molecular weight is 262 g/mol. The lowest BCUT2D eigenvalue weighted by molar-refractivity contribution is 0.341. The van der Waals surface area contributed by atoms with Crippen LogP contribution in [0.15, 0.2) is 23.6 Å². The fourth-order valence-electron chi connectivity index (χ4n) is 1.71. The molecule has 1 N–H and O–H groups in total. The van der Waals surface area contributed by atoms with E-state index in [1.807, 2.05) is 13.8 Å². The highest BCUT2D eigenvalue weighted by molar-refractivity contribution is 7.09. The first-order valence-electron chi connectivity index (χ1n) is 6.07. The first-order chi connectivity index (χ1) is 8.69. The van der Waals surface area contributed by atoms with Gasteiger partial charge in [-0.25, -0.2) is 4.98 Å². The Bertz CT molecular complexity index is 522. The molecule has 0 amide bonds. The molecule has 0 spiro atoms. The zero-order valence-electron chi connectivity index (χ0n) is 11.0. The fraction of sp³-hybridized carbons (Fsp3) is 0.357. The van der Waals surface area contributed by atoms with Gasteiger partial charge in [0.1, 0.15) is 10.8 Å². The molecule has 0 unspecified atom stereocenters. The van der Waals surface area contributed by atoms with Gasteiger partial charge < -0.3 is 10.1 Å². The van der Waals surface area contributed by atoms with Crippen LogP contribution >= 0.6 is 11.3 Å². The zero-order valence-corrected chi connectivity index (χ0v) is 11.8. The standard InChI is InChI=1S/C14H18N2OS/c1-4-17-13-7-10(2)5-6-12(13)15-8-14-16-11(3)9-18-14/h5-7,9,15H,4,8H2,1-3H3. The fourth-order valence-corrected chi connectivity index (χ4v) is 2.42. The van der Waals surface area contributed by atoms with Crippen LogP contribution in [0.2, 0.25) is 0 Å². The number of hydrogen-bond acceptors (Lipinski definition) is 4. The number of ether oxygens (including phenoxy) is 1. The topological polar surface area (TPSA) is 34.1 Å². The van der Waals surface area contributed by atoms with Gasteiger partial charge >= 0.3 is 0 Å². The van der Waals surface area contributed by atoms with Crippen molar-refractivity contribution in [1.82, 2.24) is 4.98 Å². The van der Waals surface area contributed by atoms with Crippen LogP contribution in [0.5, 0.6) is 5.75 Å². The number of aromatic nitrogens is 1. The van der Waals surface area contributed by atoms with Crippen molar-refractivity contribution in [3.05, 3.63) is 39.8 Å². The van der Waals surface area contributed by atoms with Gasteiger partial charge in [0.05, 0.1) is 18.8 Å². The Balaban J connectivity index is 2.08. The van der Waals surface area contributed by atoms with Gasteiger partial charge in [-0.2, -0.15) is 0 Å². The maximum Gasteiger partial charge on any atom is 0.142 e. The summed E-state index contributed by atoms with van der Waals surface area (Å²) in [5.74, 6) is 0.908. The third-order valence-electron chi connectivity index (χ3n) is 2.53. The molecule has 0 radical (unpaired) electrons. The minimum absolute atomic E-state index is 0.675. The molecule has 18 heavy (non-hydrogen) atoms. The molecule has 0 saturated carbocycles. The molecule has 0 aliphatic heterocycles. The summed E-state index contributed by atoms with van der Waals surface area (Å²) in [6, 6.07) is 6.19. The summed E-state index contributed by atoms with van der Waals surface area (Å²) in [4.78, 5) is 4.43. The Labute approximate surface area is 112 Å². The van der Waals surface area contributed by atoms with Crippen molar-refractivity contribution in [2.75, 3.05) is 11.9 Å². The Morgan fingerprint density at radius 3 is 2.83 bits per heavy atom. The molecule has 1 heterocycles. The molecule has 0 aliphatic rings. The number of nitrogens with zero attached hydrogens (tertiary/aromatic N) is 1. The smallest absolute Gasteiger partial charge is 0.142 e. The van der Waals surface area contributed by atoms with Crippen molar-refractivity contribution in [2.24, 2.45) is 0 Å². The van der Waals surface area contributed by atoms with Gasteiger partial charge in [-0.3, -0.25) is 0 Å². The van der Waals surface area contributed by atoms with Gasteiger partial charge in [-0.05, 0) is 38.5 Å². The maximum atomic E-state index is 5.63. The minimum atomic E-state index is 0.675. The van der Waals surface area contributed by atoms with Gasteiger partial charge in [0.2, 0.25) is 0 Å². The summed E-state index contributed by atoms with van der Waals surface area (Å²) < 4.78 is 5.63. The number of benzene rings is 1. The molecule has 1 aromatic carbocycles. The molecule has 96 valence electrons. The van der Waals surface area contributed by atoms with Crippen molar-refractivity contribution < 1.29 is 4.74 Å². The number of rotatable bonds is 5. The number of nitrogens with one attached hydrogen (secondary N) is 1. The molecular formula is C14H18N2OS. The molecule has 3 nitrogen and oxygen atoms in total. The Hall–Kier alpha value is -1.55. The van der Waals surface area contributed by atoms with E-state index in [1.165, 1.54) is 5.56 Å². The second-order valence-electron chi connectivity index (χ2n) is 4.17. The van der Waals surface area contributed by atoms with E-state index in [0.717, 1.165) is 28.7 Å². The van der Waals surface area contributed by atoms with Crippen LogP contribution in [0.3, 0.4) is 0 Å². The Morgan fingerprint density at radius 1 is 1.33 bits per heavy atom. The van der Waals surface area contributed by atoms with E-state index < -0.39 is 0 Å². The van der Waals surface area contributed by atoms with Gasteiger partial charge in [-0.15, -0.1) is 11.3 Å².